The lowest BCUT2D eigenvalue weighted by Gasteiger charge is -2.30. The molecule has 1 amide bonds. The fourth-order valence-corrected chi connectivity index (χ4v) is 2.15. The van der Waals surface area contributed by atoms with Crippen molar-refractivity contribution in [3.05, 3.63) is 11.6 Å². The third-order valence-electron chi connectivity index (χ3n) is 3.19. The van der Waals surface area contributed by atoms with Crippen LogP contribution in [0, 0.1) is 0 Å². The highest BCUT2D eigenvalue weighted by Crippen LogP contribution is 2.15. The van der Waals surface area contributed by atoms with E-state index < -0.39 is 0 Å². The van der Waals surface area contributed by atoms with Crippen molar-refractivity contribution in [3.8, 4) is 0 Å². The number of hydrogen-bond acceptors (Lipinski definition) is 4. The normalized spacial score (nSPS) is 17.1. The van der Waals surface area contributed by atoms with E-state index in [0.29, 0.717) is 0 Å². The number of amides is 1. The summed E-state index contributed by atoms with van der Waals surface area (Å²) in [7, 11) is 0. The number of aryl methyl sites for hydroxylation is 1. The van der Waals surface area contributed by atoms with E-state index >= 15 is 0 Å². The Morgan fingerprint density at radius 1 is 1.44 bits per heavy atom. The first kappa shape index (κ1) is 13.0. The average molecular weight is 252 g/mol. The smallest absolute Gasteiger partial charge is 0.293 e. The second-order valence-electron chi connectivity index (χ2n) is 4.41. The summed E-state index contributed by atoms with van der Waals surface area (Å²) in [5.74, 6) is 0.949. The van der Waals surface area contributed by atoms with Crippen LogP contribution in [0.1, 0.15) is 43.1 Å². The standard InChI is InChI=1S/C12H20N4O2/c1-3-10-13-11(15-14-10)12(17)16-7-5-9(6-8-16)18-4-2/h9H,3-8H2,1-2H3,(H,13,14,15). The highest BCUT2D eigenvalue weighted by Gasteiger charge is 2.25. The number of piperidine rings is 1. The summed E-state index contributed by atoms with van der Waals surface area (Å²) in [5, 5.41) is 6.73. The van der Waals surface area contributed by atoms with Crippen molar-refractivity contribution in [2.75, 3.05) is 19.7 Å². The predicted molar refractivity (Wildman–Crippen MR) is 66.3 cm³/mol. The van der Waals surface area contributed by atoms with Crippen LogP contribution in [0.5, 0.6) is 0 Å². The minimum atomic E-state index is -0.0825. The second-order valence-corrected chi connectivity index (χ2v) is 4.41. The Morgan fingerprint density at radius 3 is 2.72 bits per heavy atom. The van der Waals surface area contributed by atoms with Crippen molar-refractivity contribution in [2.45, 2.75) is 39.2 Å². The van der Waals surface area contributed by atoms with Gasteiger partial charge in [0.2, 0.25) is 5.82 Å². The van der Waals surface area contributed by atoms with Crippen LogP contribution in [-0.4, -0.2) is 51.8 Å². The lowest BCUT2D eigenvalue weighted by atomic mass is 10.1. The summed E-state index contributed by atoms with van der Waals surface area (Å²) in [5.41, 5.74) is 0. The molecular weight excluding hydrogens is 232 g/mol. The predicted octanol–water partition coefficient (Wildman–Crippen LogP) is 1.01. The molecule has 0 aliphatic carbocycles. The van der Waals surface area contributed by atoms with Crippen molar-refractivity contribution in [2.24, 2.45) is 0 Å². The van der Waals surface area contributed by atoms with E-state index in [2.05, 4.69) is 15.2 Å². The first-order valence-electron chi connectivity index (χ1n) is 6.56. The quantitative estimate of drug-likeness (QED) is 0.868. The highest BCUT2D eigenvalue weighted by molar-refractivity contribution is 5.90. The lowest BCUT2D eigenvalue weighted by molar-refractivity contribution is 0.0142. The lowest BCUT2D eigenvalue weighted by Crippen LogP contribution is -2.41. The molecule has 0 bridgehead atoms. The molecule has 0 radical (unpaired) electrons. The van der Waals surface area contributed by atoms with Crippen molar-refractivity contribution >= 4 is 5.91 Å². The zero-order chi connectivity index (χ0) is 13.0. The van der Waals surface area contributed by atoms with E-state index in [-0.39, 0.29) is 17.8 Å². The summed E-state index contributed by atoms with van der Waals surface area (Å²) < 4.78 is 5.56. The number of H-pyrrole nitrogens is 1. The first-order chi connectivity index (χ1) is 8.74. The number of nitrogens with one attached hydrogen (secondary N) is 1. The van der Waals surface area contributed by atoms with E-state index in [4.69, 9.17) is 4.74 Å². The molecular formula is C12H20N4O2. The zero-order valence-corrected chi connectivity index (χ0v) is 11.0. The van der Waals surface area contributed by atoms with Crippen molar-refractivity contribution in [1.82, 2.24) is 20.1 Å². The Kier molecular flexibility index (Phi) is 4.30. The largest absolute Gasteiger partial charge is 0.378 e. The van der Waals surface area contributed by atoms with E-state index in [9.17, 15) is 4.79 Å². The minimum absolute atomic E-state index is 0.0825. The van der Waals surface area contributed by atoms with Gasteiger partial charge in [0.05, 0.1) is 6.10 Å². The van der Waals surface area contributed by atoms with Gasteiger partial charge in [0.1, 0.15) is 5.82 Å². The third kappa shape index (κ3) is 2.87. The molecule has 0 saturated carbocycles. The Balaban J connectivity index is 1.91. The van der Waals surface area contributed by atoms with Gasteiger partial charge in [0, 0.05) is 26.1 Å². The monoisotopic (exact) mass is 252 g/mol. The number of hydrogen-bond donors (Lipinski definition) is 1. The molecule has 18 heavy (non-hydrogen) atoms. The summed E-state index contributed by atoms with van der Waals surface area (Å²) >= 11 is 0. The molecule has 6 nitrogen and oxygen atoms in total. The van der Waals surface area contributed by atoms with Crippen molar-refractivity contribution in [1.29, 1.82) is 0 Å². The average Bonchev–Trinajstić information content (AvgIpc) is 2.88. The number of rotatable bonds is 4. The number of aromatic nitrogens is 3. The molecule has 100 valence electrons. The maximum atomic E-state index is 12.1. The molecule has 1 aromatic rings. The molecule has 1 aromatic heterocycles. The molecule has 0 atom stereocenters. The molecule has 2 rings (SSSR count). The van der Waals surface area contributed by atoms with Crippen LogP contribution in [0.15, 0.2) is 0 Å². The Bertz CT molecular complexity index is 397. The Hall–Kier alpha value is -1.43. The second kappa shape index (κ2) is 5.95. The first-order valence-corrected chi connectivity index (χ1v) is 6.56. The molecule has 6 heteroatoms. The summed E-state index contributed by atoms with van der Waals surface area (Å²) in [6, 6.07) is 0. The van der Waals surface area contributed by atoms with Gasteiger partial charge < -0.3 is 9.64 Å². The number of likely N-dealkylation sites (tertiary alicyclic amines) is 1. The third-order valence-corrected chi connectivity index (χ3v) is 3.19. The summed E-state index contributed by atoms with van der Waals surface area (Å²) in [6.45, 7) is 6.15. The number of carbonyl (C=O) groups excluding carboxylic acids is 1. The highest BCUT2D eigenvalue weighted by atomic mass is 16.5. The molecule has 0 aromatic carbocycles. The maximum Gasteiger partial charge on any atom is 0.293 e. The van der Waals surface area contributed by atoms with E-state index in [1.807, 2.05) is 13.8 Å². The van der Waals surface area contributed by atoms with Crippen LogP contribution in [-0.2, 0) is 11.2 Å². The van der Waals surface area contributed by atoms with Gasteiger partial charge in [-0.3, -0.25) is 9.89 Å². The Labute approximate surface area is 107 Å². The molecule has 1 aliphatic rings. The number of nitrogens with zero attached hydrogens (tertiary/aromatic N) is 3. The molecule has 2 heterocycles. The van der Waals surface area contributed by atoms with Crippen molar-refractivity contribution in [3.63, 3.8) is 0 Å². The van der Waals surface area contributed by atoms with E-state index in [1.54, 1.807) is 4.90 Å². The fraction of sp³-hybridized carbons (Fsp3) is 0.750. The van der Waals surface area contributed by atoms with Gasteiger partial charge in [-0.1, -0.05) is 6.92 Å². The summed E-state index contributed by atoms with van der Waals surface area (Å²) in [4.78, 5) is 18.1. The topological polar surface area (TPSA) is 71.1 Å². The van der Waals surface area contributed by atoms with E-state index in [1.165, 1.54) is 0 Å². The fourth-order valence-electron chi connectivity index (χ4n) is 2.15. The molecule has 0 unspecified atom stereocenters. The number of carbonyl (C=O) groups is 1. The van der Waals surface area contributed by atoms with Gasteiger partial charge in [-0.2, -0.15) is 0 Å². The van der Waals surface area contributed by atoms with Crippen LogP contribution in [0.3, 0.4) is 0 Å². The van der Waals surface area contributed by atoms with Gasteiger partial charge >= 0.3 is 0 Å². The van der Waals surface area contributed by atoms with Crippen LogP contribution < -0.4 is 0 Å². The molecule has 1 saturated heterocycles. The number of aromatic amines is 1. The molecule has 1 N–H and O–H groups in total. The van der Waals surface area contributed by atoms with Crippen LogP contribution in [0.2, 0.25) is 0 Å². The summed E-state index contributed by atoms with van der Waals surface area (Å²) in [6.07, 6.45) is 2.83. The van der Waals surface area contributed by atoms with Crippen LogP contribution in [0.25, 0.3) is 0 Å². The van der Waals surface area contributed by atoms with Gasteiger partial charge in [-0.25, -0.2) is 4.98 Å². The van der Waals surface area contributed by atoms with Gasteiger partial charge in [-0.15, -0.1) is 5.10 Å². The zero-order valence-electron chi connectivity index (χ0n) is 11.0. The van der Waals surface area contributed by atoms with Crippen molar-refractivity contribution < 1.29 is 9.53 Å². The molecule has 0 spiro atoms. The number of ether oxygens (including phenoxy) is 1. The Morgan fingerprint density at radius 2 is 2.17 bits per heavy atom. The molecule has 1 aliphatic heterocycles. The van der Waals surface area contributed by atoms with Gasteiger partial charge in [-0.05, 0) is 19.8 Å². The van der Waals surface area contributed by atoms with Crippen LogP contribution >= 0.6 is 0 Å². The molecule has 1 fully saturated rings. The minimum Gasteiger partial charge on any atom is -0.378 e. The SMILES string of the molecule is CCOC1CCN(C(=O)c2n[nH]c(CC)n2)CC1. The van der Waals surface area contributed by atoms with E-state index in [0.717, 1.165) is 44.8 Å². The van der Waals surface area contributed by atoms with Gasteiger partial charge in [0.15, 0.2) is 0 Å². The van der Waals surface area contributed by atoms with Gasteiger partial charge in [0.25, 0.3) is 5.91 Å². The maximum absolute atomic E-state index is 12.1. The van der Waals surface area contributed by atoms with Crippen LogP contribution in [0.4, 0.5) is 0 Å².